The minimum Gasteiger partial charge on any atom is -0.307 e. The van der Waals surface area contributed by atoms with Gasteiger partial charge in [0.1, 0.15) is 10.8 Å². The number of nitrogens with zero attached hydrogens (tertiary/aromatic N) is 2. The second-order valence-corrected chi connectivity index (χ2v) is 6.66. The summed E-state index contributed by atoms with van der Waals surface area (Å²) in [5.74, 6) is -0.0452. The Kier molecular flexibility index (Phi) is 4.95. The Morgan fingerprint density at radius 2 is 1.75 bits per heavy atom. The second-order valence-electron chi connectivity index (χ2n) is 6.26. The summed E-state index contributed by atoms with van der Waals surface area (Å²) >= 11 is 6.19. The predicted molar refractivity (Wildman–Crippen MR) is 109 cm³/mol. The van der Waals surface area contributed by atoms with E-state index in [9.17, 15) is 9.18 Å². The summed E-state index contributed by atoms with van der Waals surface area (Å²) in [5, 5.41) is 12.1. The molecule has 0 aliphatic rings. The van der Waals surface area contributed by atoms with Gasteiger partial charge in [0.15, 0.2) is 5.82 Å². The third kappa shape index (κ3) is 3.97. The molecule has 3 aromatic carbocycles. The molecule has 0 radical (unpaired) electrons. The van der Waals surface area contributed by atoms with Crippen LogP contribution in [0.1, 0.15) is 5.56 Å². The van der Waals surface area contributed by atoms with E-state index < -0.39 is 6.03 Å². The van der Waals surface area contributed by atoms with E-state index in [0.717, 1.165) is 16.3 Å². The number of rotatable bonds is 4. The first-order valence-corrected chi connectivity index (χ1v) is 8.99. The zero-order valence-electron chi connectivity index (χ0n) is 14.7. The molecule has 0 atom stereocenters. The van der Waals surface area contributed by atoms with Crippen molar-refractivity contribution in [1.29, 1.82) is 0 Å². The first-order valence-electron chi connectivity index (χ1n) is 8.62. The number of amides is 2. The SMILES string of the molecule is O=C(Nc1nn(Cc2ccc(F)cc2)cc1Cl)Nc1cccc2ccccc12. The normalized spacial score (nSPS) is 10.8. The van der Waals surface area contributed by atoms with Crippen molar-refractivity contribution in [3.05, 3.63) is 89.3 Å². The quantitative estimate of drug-likeness (QED) is 0.478. The molecule has 7 heteroatoms. The van der Waals surface area contributed by atoms with Crippen LogP contribution < -0.4 is 10.6 Å². The molecular weight excluding hydrogens is 379 g/mol. The Balaban J connectivity index is 1.47. The van der Waals surface area contributed by atoms with Gasteiger partial charge in [-0.25, -0.2) is 9.18 Å². The van der Waals surface area contributed by atoms with E-state index in [1.807, 2.05) is 42.5 Å². The summed E-state index contributed by atoms with van der Waals surface area (Å²) in [4.78, 5) is 12.4. The third-order valence-electron chi connectivity index (χ3n) is 4.24. The van der Waals surface area contributed by atoms with Gasteiger partial charge in [0.05, 0.1) is 12.2 Å². The maximum Gasteiger partial charge on any atom is 0.324 e. The summed E-state index contributed by atoms with van der Waals surface area (Å²) in [6.07, 6.45) is 1.61. The van der Waals surface area contributed by atoms with Gasteiger partial charge in [0.2, 0.25) is 0 Å². The zero-order chi connectivity index (χ0) is 19.5. The largest absolute Gasteiger partial charge is 0.324 e. The monoisotopic (exact) mass is 394 g/mol. The standard InChI is InChI=1S/C21H16ClFN4O/c22-18-13-27(12-14-8-10-16(23)11-9-14)26-20(18)25-21(28)24-19-7-3-5-15-4-1-2-6-17(15)19/h1-11,13H,12H2,(H2,24,25,26,28). The van der Waals surface area contributed by atoms with Crippen LogP contribution in [-0.2, 0) is 6.54 Å². The Bertz CT molecular complexity index is 1140. The van der Waals surface area contributed by atoms with Crippen LogP contribution in [0.2, 0.25) is 5.02 Å². The Morgan fingerprint density at radius 3 is 2.57 bits per heavy atom. The lowest BCUT2D eigenvalue weighted by atomic mass is 10.1. The minimum absolute atomic E-state index is 0.251. The summed E-state index contributed by atoms with van der Waals surface area (Å²) in [6, 6.07) is 19.1. The lowest BCUT2D eigenvalue weighted by Crippen LogP contribution is -2.20. The van der Waals surface area contributed by atoms with Gasteiger partial charge in [0, 0.05) is 11.6 Å². The average molecular weight is 395 g/mol. The first-order chi connectivity index (χ1) is 13.6. The van der Waals surface area contributed by atoms with E-state index in [0.29, 0.717) is 17.3 Å². The van der Waals surface area contributed by atoms with Crippen LogP contribution in [0, 0.1) is 5.82 Å². The maximum atomic E-state index is 13.0. The maximum absolute atomic E-state index is 13.0. The summed E-state index contributed by atoms with van der Waals surface area (Å²) in [5.41, 5.74) is 1.56. The Labute approximate surface area is 165 Å². The van der Waals surface area contributed by atoms with E-state index in [1.165, 1.54) is 12.1 Å². The van der Waals surface area contributed by atoms with Gasteiger partial charge in [-0.1, -0.05) is 60.1 Å². The molecule has 1 heterocycles. The summed E-state index contributed by atoms with van der Waals surface area (Å²) < 4.78 is 14.6. The molecule has 0 aliphatic carbocycles. The number of carbonyl (C=O) groups excluding carboxylic acids is 1. The Morgan fingerprint density at radius 1 is 1.00 bits per heavy atom. The van der Waals surface area contributed by atoms with Gasteiger partial charge >= 0.3 is 6.03 Å². The smallest absolute Gasteiger partial charge is 0.307 e. The highest BCUT2D eigenvalue weighted by molar-refractivity contribution is 6.33. The summed E-state index contributed by atoms with van der Waals surface area (Å²) in [6.45, 7) is 0.409. The molecule has 4 rings (SSSR count). The van der Waals surface area contributed by atoms with Crippen molar-refractivity contribution in [2.45, 2.75) is 6.54 Å². The highest BCUT2D eigenvalue weighted by Gasteiger charge is 2.12. The van der Waals surface area contributed by atoms with Crippen molar-refractivity contribution in [2.75, 3.05) is 10.6 Å². The molecular formula is C21H16ClFN4O. The van der Waals surface area contributed by atoms with Gasteiger partial charge in [-0.15, -0.1) is 0 Å². The number of carbonyl (C=O) groups is 1. The van der Waals surface area contributed by atoms with Crippen molar-refractivity contribution < 1.29 is 9.18 Å². The first kappa shape index (κ1) is 18.0. The van der Waals surface area contributed by atoms with Crippen LogP contribution in [0.25, 0.3) is 10.8 Å². The van der Waals surface area contributed by atoms with Crippen LogP contribution in [0.15, 0.2) is 72.9 Å². The summed E-state index contributed by atoms with van der Waals surface area (Å²) in [7, 11) is 0. The van der Waals surface area contributed by atoms with Crippen LogP contribution in [0.5, 0.6) is 0 Å². The van der Waals surface area contributed by atoms with Crippen molar-refractivity contribution in [1.82, 2.24) is 9.78 Å². The van der Waals surface area contributed by atoms with E-state index in [1.54, 1.807) is 23.0 Å². The fourth-order valence-electron chi connectivity index (χ4n) is 2.94. The molecule has 140 valence electrons. The lowest BCUT2D eigenvalue weighted by Gasteiger charge is -2.09. The molecule has 0 unspecified atom stereocenters. The lowest BCUT2D eigenvalue weighted by molar-refractivity contribution is 0.262. The minimum atomic E-state index is -0.440. The number of fused-ring (bicyclic) bond motifs is 1. The van der Waals surface area contributed by atoms with Crippen molar-refractivity contribution in [2.24, 2.45) is 0 Å². The van der Waals surface area contributed by atoms with E-state index >= 15 is 0 Å². The number of benzene rings is 3. The number of nitrogens with one attached hydrogen (secondary N) is 2. The topological polar surface area (TPSA) is 59.0 Å². The molecule has 5 nitrogen and oxygen atoms in total. The fourth-order valence-corrected chi connectivity index (χ4v) is 3.13. The van der Waals surface area contributed by atoms with Gasteiger partial charge in [-0.3, -0.25) is 10.00 Å². The van der Waals surface area contributed by atoms with Crippen LogP contribution in [-0.4, -0.2) is 15.8 Å². The van der Waals surface area contributed by atoms with Crippen LogP contribution in [0.4, 0.5) is 20.7 Å². The molecule has 2 amide bonds. The highest BCUT2D eigenvalue weighted by atomic mass is 35.5. The second kappa shape index (κ2) is 7.70. The number of urea groups is 1. The molecule has 0 fully saturated rings. The molecule has 0 spiro atoms. The molecule has 0 saturated heterocycles. The number of anilines is 2. The third-order valence-corrected chi connectivity index (χ3v) is 4.52. The van der Waals surface area contributed by atoms with Gasteiger partial charge in [-0.2, -0.15) is 5.10 Å². The number of hydrogen-bond donors (Lipinski definition) is 2. The molecule has 0 aliphatic heterocycles. The van der Waals surface area contributed by atoms with E-state index in [2.05, 4.69) is 15.7 Å². The number of halogens is 2. The number of hydrogen-bond acceptors (Lipinski definition) is 2. The van der Waals surface area contributed by atoms with Crippen molar-refractivity contribution in [3.63, 3.8) is 0 Å². The van der Waals surface area contributed by atoms with Gasteiger partial charge in [0.25, 0.3) is 0 Å². The molecule has 28 heavy (non-hydrogen) atoms. The van der Waals surface area contributed by atoms with Crippen molar-refractivity contribution in [3.8, 4) is 0 Å². The average Bonchev–Trinajstić information content (AvgIpc) is 3.02. The van der Waals surface area contributed by atoms with Gasteiger partial charge in [-0.05, 0) is 29.1 Å². The Hall–Kier alpha value is -3.38. The van der Waals surface area contributed by atoms with E-state index in [-0.39, 0.29) is 11.6 Å². The van der Waals surface area contributed by atoms with Crippen molar-refractivity contribution >= 4 is 39.9 Å². The zero-order valence-corrected chi connectivity index (χ0v) is 15.4. The molecule has 0 bridgehead atoms. The van der Waals surface area contributed by atoms with E-state index in [4.69, 9.17) is 11.6 Å². The molecule has 0 saturated carbocycles. The molecule has 4 aromatic rings. The predicted octanol–water partition coefficient (Wildman–Crippen LogP) is 5.52. The van der Waals surface area contributed by atoms with Crippen LogP contribution in [0.3, 0.4) is 0 Å². The highest BCUT2D eigenvalue weighted by Crippen LogP contribution is 2.24. The fraction of sp³-hybridized carbons (Fsp3) is 0.0476. The molecule has 1 aromatic heterocycles. The van der Waals surface area contributed by atoms with Gasteiger partial charge < -0.3 is 5.32 Å². The molecule has 2 N–H and O–H groups in total. The number of aromatic nitrogens is 2. The van der Waals surface area contributed by atoms with Crippen LogP contribution >= 0.6 is 11.6 Å².